The van der Waals surface area contributed by atoms with Gasteiger partial charge in [-0.2, -0.15) is 0 Å². The van der Waals surface area contributed by atoms with Crippen molar-refractivity contribution in [3.8, 4) is 11.5 Å². The molecule has 0 radical (unpaired) electrons. The minimum Gasteiger partial charge on any atom is -0.497 e. The van der Waals surface area contributed by atoms with Gasteiger partial charge in [0.2, 0.25) is 0 Å². The molecule has 184 valence electrons. The zero-order chi connectivity index (χ0) is 24.3. The minimum absolute atomic E-state index is 0.222. The van der Waals surface area contributed by atoms with Crippen molar-refractivity contribution in [1.82, 2.24) is 4.90 Å². The van der Waals surface area contributed by atoms with E-state index in [9.17, 15) is 8.76 Å². The number of hydrogen-bond donors (Lipinski definition) is 0. The molecular formula is C24H35FNO6P. The number of hydrogen-bond acceptors (Lipinski definition) is 7. The maximum atomic E-state index is 13.8. The number of halogens is 1. The molecule has 33 heavy (non-hydrogen) atoms. The molecule has 0 aromatic heterocycles. The first-order chi connectivity index (χ1) is 15.7. The van der Waals surface area contributed by atoms with E-state index in [1.807, 2.05) is 61.5 Å². The molecule has 0 spiro atoms. The van der Waals surface area contributed by atoms with Gasteiger partial charge in [-0.15, -0.1) is 4.20 Å². The van der Waals surface area contributed by atoms with Crippen LogP contribution in [-0.4, -0.2) is 58.3 Å². The van der Waals surface area contributed by atoms with Crippen LogP contribution in [0.25, 0.3) is 0 Å². The van der Waals surface area contributed by atoms with Gasteiger partial charge >= 0.3 is 7.91 Å². The third-order valence-electron chi connectivity index (χ3n) is 4.63. The third-order valence-corrected chi connectivity index (χ3v) is 5.72. The number of nitrogens with zero attached hydrogens (tertiary/aromatic N) is 1. The highest BCUT2D eigenvalue weighted by molar-refractivity contribution is 7.48. The molecule has 2 rings (SSSR count). The molecule has 0 fully saturated rings. The van der Waals surface area contributed by atoms with E-state index in [2.05, 4.69) is 10.6 Å². The van der Waals surface area contributed by atoms with Gasteiger partial charge in [0.15, 0.2) is 6.79 Å². The Balaban J connectivity index is 1.94. The van der Waals surface area contributed by atoms with Crippen LogP contribution in [0.4, 0.5) is 4.20 Å². The van der Waals surface area contributed by atoms with Gasteiger partial charge in [-0.3, -0.25) is 9.05 Å². The molecule has 0 bridgehead atoms. The highest BCUT2D eigenvalue weighted by Gasteiger charge is 2.26. The van der Waals surface area contributed by atoms with Crippen molar-refractivity contribution >= 4 is 7.91 Å². The Kier molecular flexibility index (Phi) is 11.3. The fourth-order valence-corrected chi connectivity index (χ4v) is 3.92. The molecule has 2 aromatic rings. The van der Waals surface area contributed by atoms with Crippen molar-refractivity contribution < 1.29 is 32.0 Å². The van der Waals surface area contributed by atoms with Gasteiger partial charge in [-0.25, -0.2) is 4.57 Å². The van der Waals surface area contributed by atoms with Crippen LogP contribution in [0.5, 0.6) is 11.5 Å². The summed E-state index contributed by atoms with van der Waals surface area (Å²) in [5, 5.41) is 0. The van der Waals surface area contributed by atoms with Gasteiger partial charge in [-0.1, -0.05) is 30.3 Å². The first kappa shape index (κ1) is 27.3. The normalized spacial score (nSPS) is 14.3. The SMILES string of the molecule is COc1cccc(CCc2ccccc2OC[C@H](CN(C)C)OCO[P@@](=O)(F)OC(C)C)c1. The molecule has 2 aromatic carbocycles. The van der Waals surface area contributed by atoms with E-state index in [1.54, 1.807) is 21.0 Å². The first-order valence-electron chi connectivity index (χ1n) is 10.9. The summed E-state index contributed by atoms with van der Waals surface area (Å²) in [6.45, 7) is 3.38. The molecule has 0 aliphatic carbocycles. The lowest BCUT2D eigenvalue weighted by molar-refractivity contribution is -0.0699. The number of aryl methyl sites for hydroxylation is 2. The lowest BCUT2D eigenvalue weighted by atomic mass is 10.0. The Labute approximate surface area is 196 Å². The highest BCUT2D eigenvalue weighted by Crippen LogP contribution is 2.50. The summed E-state index contributed by atoms with van der Waals surface area (Å²) in [5.74, 6) is 1.59. The molecule has 0 unspecified atom stereocenters. The Hall–Kier alpha value is -1.96. The summed E-state index contributed by atoms with van der Waals surface area (Å²) in [5.41, 5.74) is 2.24. The lowest BCUT2D eigenvalue weighted by Gasteiger charge is -2.23. The van der Waals surface area contributed by atoms with Crippen molar-refractivity contribution in [3.63, 3.8) is 0 Å². The molecule has 0 saturated carbocycles. The van der Waals surface area contributed by atoms with Crippen LogP contribution >= 0.6 is 7.91 Å². The van der Waals surface area contributed by atoms with Crippen LogP contribution < -0.4 is 9.47 Å². The molecule has 0 amide bonds. The number of methoxy groups -OCH3 is 1. The lowest BCUT2D eigenvalue weighted by Crippen LogP contribution is -2.34. The molecule has 2 atom stereocenters. The Morgan fingerprint density at radius 3 is 2.52 bits per heavy atom. The van der Waals surface area contributed by atoms with Gasteiger partial charge in [0.05, 0.1) is 13.2 Å². The van der Waals surface area contributed by atoms with Crippen LogP contribution in [0.15, 0.2) is 48.5 Å². The van der Waals surface area contributed by atoms with Gasteiger partial charge in [0.1, 0.15) is 24.2 Å². The smallest absolute Gasteiger partial charge is 0.497 e. The number of rotatable bonds is 15. The zero-order valence-corrected chi connectivity index (χ0v) is 20.9. The summed E-state index contributed by atoms with van der Waals surface area (Å²) >= 11 is 0. The first-order valence-corrected chi connectivity index (χ1v) is 12.3. The predicted molar refractivity (Wildman–Crippen MR) is 127 cm³/mol. The second-order valence-corrected chi connectivity index (χ2v) is 9.48. The van der Waals surface area contributed by atoms with Crippen LogP contribution in [-0.2, 0) is 31.2 Å². The molecular weight excluding hydrogens is 448 g/mol. The molecule has 0 aliphatic heterocycles. The molecule has 0 heterocycles. The number of para-hydroxylation sites is 1. The zero-order valence-electron chi connectivity index (χ0n) is 20.0. The van der Waals surface area contributed by atoms with Gasteiger partial charge < -0.3 is 19.1 Å². The number of likely N-dealkylation sites (N-methyl/N-ethyl adjacent to an activating group) is 1. The fourth-order valence-electron chi connectivity index (χ4n) is 3.17. The molecule has 0 N–H and O–H groups in total. The Bertz CT molecular complexity index is 895. The van der Waals surface area contributed by atoms with E-state index in [4.69, 9.17) is 18.7 Å². The Morgan fingerprint density at radius 1 is 1.06 bits per heavy atom. The largest absolute Gasteiger partial charge is 0.515 e. The van der Waals surface area contributed by atoms with Crippen LogP contribution in [0.1, 0.15) is 25.0 Å². The maximum Gasteiger partial charge on any atom is 0.515 e. The average molecular weight is 484 g/mol. The van der Waals surface area contributed by atoms with E-state index in [-0.39, 0.29) is 6.61 Å². The molecule has 0 saturated heterocycles. The summed E-state index contributed by atoms with van der Waals surface area (Å²) in [7, 11) is 0.780. The molecule has 9 heteroatoms. The summed E-state index contributed by atoms with van der Waals surface area (Å²) in [6, 6.07) is 15.8. The summed E-state index contributed by atoms with van der Waals surface area (Å²) in [6.07, 6.45) is 0.647. The van der Waals surface area contributed by atoms with E-state index in [0.29, 0.717) is 6.54 Å². The monoisotopic (exact) mass is 483 g/mol. The second-order valence-electron chi connectivity index (χ2n) is 8.15. The van der Waals surface area contributed by atoms with Crippen LogP contribution in [0.3, 0.4) is 0 Å². The quantitative estimate of drug-likeness (QED) is 0.252. The molecule has 7 nitrogen and oxygen atoms in total. The molecule has 0 aliphatic rings. The van der Waals surface area contributed by atoms with Crippen molar-refractivity contribution in [2.75, 3.05) is 41.1 Å². The number of benzene rings is 2. The Morgan fingerprint density at radius 2 is 1.82 bits per heavy atom. The van der Waals surface area contributed by atoms with E-state index < -0.39 is 26.9 Å². The fraction of sp³-hybridized carbons (Fsp3) is 0.500. The number of ether oxygens (including phenoxy) is 3. The minimum atomic E-state index is -4.66. The highest BCUT2D eigenvalue weighted by atomic mass is 31.2. The van der Waals surface area contributed by atoms with Gasteiger partial charge in [0, 0.05) is 6.54 Å². The average Bonchev–Trinajstić information content (AvgIpc) is 2.75. The maximum absolute atomic E-state index is 13.8. The van der Waals surface area contributed by atoms with Crippen LogP contribution in [0, 0.1) is 0 Å². The van der Waals surface area contributed by atoms with Gasteiger partial charge in [-0.05, 0) is 70.1 Å². The predicted octanol–water partition coefficient (Wildman–Crippen LogP) is 5.28. The topological polar surface area (TPSA) is 66.5 Å². The van der Waals surface area contributed by atoms with E-state index >= 15 is 0 Å². The van der Waals surface area contributed by atoms with E-state index in [1.165, 1.54) is 5.56 Å². The van der Waals surface area contributed by atoms with Crippen molar-refractivity contribution in [1.29, 1.82) is 0 Å². The van der Waals surface area contributed by atoms with Crippen molar-refractivity contribution in [2.45, 2.75) is 38.9 Å². The van der Waals surface area contributed by atoms with Crippen LogP contribution in [0.2, 0.25) is 0 Å². The van der Waals surface area contributed by atoms with Crippen molar-refractivity contribution in [2.24, 2.45) is 0 Å². The van der Waals surface area contributed by atoms with Crippen molar-refractivity contribution in [3.05, 3.63) is 59.7 Å². The second kappa shape index (κ2) is 13.7. The standard InChI is InChI=1S/C24H35FNO6P/c1-19(2)32-33(25,27)31-18-30-23(16-26(3)4)17-29-24-12-7-6-10-21(24)14-13-20-9-8-11-22(15-20)28-5/h6-12,15,19,23H,13-14,16-18H2,1-5H3/t23-,33-/m0/s1. The summed E-state index contributed by atoms with van der Waals surface area (Å²) in [4.78, 5) is 1.92. The summed E-state index contributed by atoms with van der Waals surface area (Å²) < 4.78 is 51.8. The van der Waals surface area contributed by atoms with Gasteiger partial charge in [0.25, 0.3) is 0 Å². The third kappa shape index (κ3) is 10.7. The van der Waals surface area contributed by atoms with E-state index in [0.717, 1.165) is 29.9 Å².